The quantitative estimate of drug-likeness (QED) is 0.893. The minimum Gasteiger partial charge on any atom is -0.492 e. The van der Waals surface area contributed by atoms with Crippen LogP contribution in [0.2, 0.25) is 0 Å². The van der Waals surface area contributed by atoms with Gasteiger partial charge >= 0.3 is 6.18 Å². The molecule has 0 heterocycles. The van der Waals surface area contributed by atoms with Gasteiger partial charge in [-0.1, -0.05) is 12.1 Å². The summed E-state index contributed by atoms with van der Waals surface area (Å²) in [6.45, 7) is 0.494. The number of rotatable bonds is 5. The Morgan fingerprint density at radius 1 is 1.17 bits per heavy atom. The monoisotopic (exact) mass is 336 g/mol. The summed E-state index contributed by atoms with van der Waals surface area (Å²) >= 11 is 0. The number of para-hydroxylation sites is 1. The number of benzene rings is 2. The largest absolute Gasteiger partial charge is 0.492 e. The summed E-state index contributed by atoms with van der Waals surface area (Å²) in [5, 5.41) is 12.1. The normalized spacial score (nSPS) is 11.0. The van der Waals surface area contributed by atoms with Gasteiger partial charge in [0.15, 0.2) is 11.5 Å². The summed E-state index contributed by atoms with van der Waals surface area (Å²) in [6, 6.07) is 9.64. The first-order chi connectivity index (χ1) is 11.4. The van der Waals surface area contributed by atoms with Crippen LogP contribution in [0.5, 0.6) is 17.2 Å². The van der Waals surface area contributed by atoms with Crippen molar-refractivity contribution in [3.63, 3.8) is 0 Å². The van der Waals surface area contributed by atoms with Crippen molar-refractivity contribution in [1.29, 1.82) is 5.26 Å². The molecule has 2 rings (SSSR count). The molecule has 0 aliphatic rings. The van der Waals surface area contributed by atoms with E-state index in [0.29, 0.717) is 12.3 Å². The van der Waals surface area contributed by atoms with Gasteiger partial charge in [0.25, 0.3) is 0 Å². The maximum atomic E-state index is 12.9. The average Bonchev–Trinajstić information content (AvgIpc) is 2.54. The fourth-order valence-electron chi connectivity index (χ4n) is 2.20. The highest BCUT2D eigenvalue weighted by molar-refractivity contribution is 5.52. The molecule has 1 N–H and O–H groups in total. The van der Waals surface area contributed by atoms with Crippen molar-refractivity contribution in [3.05, 3.63) is 53.1 Å². The summed E-state index contributed by atoms with van der Waals surface area (Å²) in [6.07, 6.45) is -4.52. The van der Waals surface area contributed by atoms with Crippen LogP contribution in [0.25, 0.3) is 0 Å². The molecule has 24 heavy (non-hydrogen) atoms. The number of nitriles is 1. The lowest BCUT2D eigenvalue weighted by atomic mass is 10.1. The average molecular weight is 336 g/mol. The van der Waals surface area contributed by atoms with Crippen LogP contribution in [0.4, 0.5) is 13.2 Å². The maximum absolute atomic E-state index is 12.9. The highest BCUT2D eigenvalue weighted by Gasteiger charge is 2.31. The topological polar surface area (TPSA) is 54.3 Å². The summed E-state index contributed by atoms with van der Waals surface area (Å²) in [7, 11) is 3.20. The Bertz CT molecular complexity index is 767. The molecule has 0 fully saturated rings. The summed E-state index contributed by atoms with van der Waals surface area (Å²) in [5.41, 5.74) is -0.103. The number of hydrogen-bond donors (Lipinski definition) is 1. The van der Waals surface area contributed by atoms with Crippen LogP contribution >= 0.6 is 0 Å². The van der Waals surface area contributed by atoms with Gasteiger partial charge in [-0.05, 0) is 31.3 Å². The van der Waals surface area contributed by atoms with Crippen LogP contribution < -0.4 is 14.8 Å². The molecule has 0 atom stereocenters. The van der Waals surface area contributed by atoms with Crippen molar-refractivity contribution in [2.45, 2.75) is 12.7 Å². The standard InChI is InChI=1S/C17H15F3N2O2/c1-22-10-12-4-3-5-14(16(12)23-2)24-15-8-13(17(18,19)20)7-6-11(15)9-21/h3-8,22H,10H2,1-2H3. The molecule has 0 spiro atoms. The van der Waals surface area contributed by atoms with E-state index in [1.54, 1.807) is 25.2 Å². The lowest BCUT2D eigenvalue weighted by molar-refractivity contribution is -0.137. The van der Waals surface area contributed by atoms with E-state index in [1.807, 2.05) is 6.07 Å². The third kappa shape index (κ3) is 3.78. The number of nitrogens with zero attached hydrogens (tertiary/aromatic N) is 1. The fourth-order valence-corrected chi connectivity index (χ4v) is 2.20. The van der Waals surface area contributed by atoms with E-state index >= 15 is 0 Å². The first kappa shape index (κ1) is 17.6. The zero-order chi connectivity index (χ0) is 17.7. The highest BCUT2D eigenvalue weighted by atomic mass is 19.4. The van der Waals surface area contributed by atoms with Gasteiger partial charge in [0.1, 0.15) is 11.8 Å². The van der Waals surface area contributed by atoms with E-state index in [1.165, 1.54) is 7.11 Å². The van der Waals surface area contributed by atoms with Crippen molar-refractivity contribution >= 4 is 0 Å². The molecule has 0 aliphatic heterocycles. The van der Waals surface area contributed by atoms with Gasteiger partial charge in [-0.25, -0.2) is 0 Å². The predicted octanol–water partition coefficient (Wildman–Crippen LogP) is 4.10. The molecule has 0 aromatic heterocycles. The first-order valence-corrected chi connectivity index (χ1v) is 7.00. The zero-order valence-electron chi connectivity index (χ0n) is 13.1. The molecular formula is C17H15F3N2O2. The number of ether oxygens (including phenoxy) is 2. The SMILES string of the molecule is CNCc1cccc(Oc2cc(C(F)(F)F)ccc2C#N)c1OC. The molecule has 0 aliphatic carbocycles. The summed E-state index contributed by atoms with van der Waals surface area (Å²) in [5.74, 6) is 0.460. The van der Waals surface area contributed by atoms with Gasteiger partial charge in [-0.3, -0.25) is 0 Å². The fraction of sp³-hybridized carbons (Fsp3) is 0.235. The van der Waals surface area contributed by atoms with Crippen LogP contribution in [0.15, 0.2) is 36.4 Å². The van der Waals surface area contributed by atoms with Gasteiger partial charge in [0.2, 0.25) is 0 Å². The molecule has 0 unspecified atom stereocenters. The van der Waals surface area contributed by atoms with Gasteiger partial charge in [-0.2, -0.15) is 18.4 Å². The molecule has 0 radical (unpaired) electrons. The molecule has 0 amide bonds. The second-order valence-corrected chi connectivity index (χ2v) is 4.90. The molecule has 126 valence electrons. The Kier molecular flexibility index (Phi) is 5.31. The molecule has 0 saturated heterocycles. The van der Waals surface area contributed by atoms with E-state index < -0.39 is 11.7 Å². The van der Waals surface area contributed by atoms with Crippen molar-refractivity contribution in [1.82, 2.24) is 5.32 Å². The predicted molar refractivity (Wildman–Crippen MR) is 82.0 cm³/mol. The van der Waals surface area contributed by atoms with Gasteiger partial charge < -0.3 is 14.8 Å². The lowest BCUT2D eigenvalue weighted by Gasteiger charge is -2.16. The number of halogens is 3. The molecule has 2 aromatic rings. The Balaban J connectivity index is 2.48. The summed E-state index contributed by atoms with van der Waals surface area (Å²) < 4.78 is 49.5. The third-order valence-corrected chi connectivity index (χ3v) is 3.28. The van der Waals surface area contributed by atoms with E-state index in [9.17, 15) is 13.2 Å². The van der Waals surface area contributed by atoms with Crippen LogP contribution in [-0.2, 0) is 12.7 Å². The molecule has 2 aromatic carbocycles. The van der Waals surface area contributed by atoms with Crippen molar-refractivity contribution in [3.8, 4) is 23.3 Å². The third-order valence-electron chi connectivity index (χ3n) is 3.28. The smallest absolute Gasteiger partial charge is 0.416 e. The van der Waals surface area contributed by atoms with E-state index in [2.05, 4.69) is 5.32 Å². The van der Waals surface area contributed by atoms with E-state index in [4.69, 9.17) is 14.7 Å². The van der Waals surface area contributed by atoms with Crippen LogP contribution in [0.3, 0.4) is 0 Å². The number of alkyl halides is 3. The zero-order valence-corrected chi connectivity index (χ0v) is 13.1. The second kappa shape index (κ2) is 7.23. The van der Waals surface area contributed by atoms with E-state index in [0.717, 1.165) is 23.8 Å². The molecule has 7 heteroatoms. The van der Waals surface area contributed by atoms with Crippen LogP contribution in [0.1, 0.15) is 16.7 Å². The second-order valence-electron chi connectivity index (χ2n) is 4.90. The number of hydrogen-bond acceptors (Lipinski definition) is 4. The van der Waals surface area contributed by atoms with Crippen LogP contribution in [0, 0.1) is 11.3 Å². The molecule has 4 nitrogen and oxygen atoms in total. The minimum absolute atomic E-state index is 0.00377. The van der Waals surface area contributed by atoms with Gasteiger partial charge in [0, 0.05) is 12.1 Å². The molecule has 0 bridgehead atoms. The van der Waals surface area contributed by atoms with Crippen molar-refractivity contribution < 1.29 is 22.6 Å². The Hall–Kier alpha value is -2.72. The summed E-state index contributed by atoms with van der Waals surface area (Å²) in [4.78, 5) is 0. The Morgan fingerprint density at radius 2 is 1.92 bits per heavy atom. The lowest BCUT2D eigenvalue weighted by Crippen LogP contribution is -2.07. The molecule has 0 saturated carbocycles. The first-order valence-electron chi connectivity index (χ1n) is 7.00. The van der Waals surface area contributed by atoms with Gasteiger partial charge in [0.05, 0.1) is 18.2 Å². The minimum atomic E-state index is -4.52. The number of nitrogens with one attached hydrogen (secondary N) is 1. The van der Waals surface area contributed by atoms with Crippen molar-refractivity contribution in [2.24, 2.45) is 0 Å². The maximum Gasteiger partial charge on any atom is 0.416 e. The highest BCUT2D eigenvalue weighted by Crippen LogP contribution is 2.38. The van der Waals surface area contributed by atoms with E-state index in [-0.39, 0.29) is 17.1 Å². The Morgan fingerprint density at radius 3 is 2.50 bits per heavy atom. The van der Waals surface area contributed by atoms with Gasteiger partial charge in [-0.15, -0.1) is 0 Å². The Labute approximate surface area is 137 Å². The van der Waals surface area contributed by atoms with Crippen molar-refractivity contribution in [2.75, 3.05) is 14.2 Å². The van der Waals surface area contributed by atoms with Crippen LogP contribution in [-0.4, -0.2) is 14.2 Å². The number of methoxy groups -OCH3 is 1. The molecular weight excluding hydrogens is 321 g/mol.